The molecule has 0 aliphatic carbocycles. The molecule has 102 valence electrons. The van der Waals surface area contributed by atoms with Gasteiger partial charge in [-0.1, -0.05) is 12.1 Å². The molecule has 0 atom stereocenters. The number of hydrogen-bond donors (Lipinski definition) is 0. The van der Waals surface area contributed by atoms with Gasteiger partial charge in [0.2, 0.25) is 0 Å². The van der Waals surface area contributed by atoms with E-state index in [9.17, 15) is 8.78 Å². The van der Waals surface area contributed by atoms with Crippen molar-refractivity contribution < 1.29 is 8.78 Å². The number of rotatable bonds is 1. The predicted octanol–water partition coefficient (Wildman–Crippen LogP) is 3.85. The Morgan fingerprint density at radius 1 is 0.905 bits per heavy atom. The molecule has 0 bridgehead atoms. The summed E-state index contributed by atoms with van der Waals surface area (Å²) in [7, 11) is 0. The van der Waals surface area contributed by atoms with Gasteiger partial charge in [-0.25, -0.2) is 13.8 Å². The Kier molecular flexibility index (Phi) is 2.47. The highest BCUT2D eigenvalue weighted by atomic mass is 19.1. The van der Waals surface area contributed by atoms with Crippen molar-refractivity contribution in [3.8, 4) is 5.69 Å². The van der Waals surface area contributed by atoms with E-state index in [1.54, 1.807) is 35.0 Å². The van der Waals surface area contributed by atoms with E-state index >= 15 is 0 Å². The van der Waals surface area contributed by atoms with E-state index in [-0.39, 0.29) is 11.6 Å². The number of para-hydroxylation sites is 1. The number of pyridine rings is 1. The third-order valence-electron chi connectivity index (χ3n) is 3.45. The summed E-state index contributed by atoms with van der Waals surface area (Å²) in [4.78, 5) is 8.47. The number of halogens is 2. The second kappa shape index (κ2) is 4.34. The van der Waals surface area contributed by atoms with Gasteiger partial charge >= 0.3 is 0 Å². The van der Waals surface area contributed by atoms with Crippen molar-refractivity contribution >= 4 is 21.9 Å². The number of hydrogen-bond acceptors (Lipinski definition) is 2. The van der Waals surface area contributed by atoms with Gasteiger partial charge in [-0.15, -0.1) is 0 Å². The van der Waals surface area contributed by atoms with Crippen LogP contribution in [-0.4, -0.2) is 14.5 Å². The Morgan fingerprint density at radius 2 is 1.76 bits per heavy atom. The normalized spacial score (nSPS) is 11.3. The molecule has 2 aromatic carbocycles. The van der Waals surface area contributed by atoms with Gasteiger partial charge in [-0.05, 0) is 30.3 Å². The standard InChI is InChI=1S/C16H9F2N3/c17-10-5-6-13-11(7-10)16-14(8-19-13)20-9-21(16)15-4-2-1-3-12(15)18/h1-9H. The summed E-state index contributed by atoms with van der Waals surface area (Å²) in [5.74, 6) is -0.726. The molecule has 5 heteroatoms. The summed E-state index contributed by atoms with van der Waals surface area (Å²) in [5.41, 5.74) is 2.25. The highest BCUT2D eigenvalue weighted by Gasteiger charge is 2.12. The largest absolute Gasteiger partial charge is 0.295 e. The lowest BCUT2D eigenvalue weighted by Gasteiger charge is -2.07. The molecule has 0 unspecified atom stereocenters. The van der Waals surface area contributed by atoms with Crippen molar-refractivity contribution in [3.63, 3.8) is 0 Å². The maximum atomic E-state index is 14.0. The fraction of sp³-hybridized carbons (Fsp3) is 0. The van der Waals surface area contributed by atoms with Gasteiger partial charge in [0, 0.05) is 5.39 Å². The van der Waals surface area contributed by atoms with Crippen LogP contribution in [0.15, 0.2) is 55.0 Å². The van der Waals surface area contributed by atoms with Crippen LogP contribution in [0.2, 0.25) is 0 Å². The lowest BCUT2D eigenvalue weighted by molar-refractivity contribution is 0.619. The van der Waals surface area contributed by atoms with Gasteiger partial charge < -0.3 is 0 Å². The summed E-state index contributed by atoms with van der Waals surface area (Å²) in [6.45, 7) is 0. The average molecular weight is 281 g/mol. The molecule has 0 N–H and O–H groups in total. The maximum absolute atomic E-state index is 14.0. The van der Waals surface area contributed by atoms with Crippen LogP contribution in [0.25, 0.3) is 27.6 Å². The molecule has 3 nitrogen and oxygen atoms in total. The molecule has 0 aliphatic rings. The Bertz CT molecular complexity index is 976. The van der Waals surface area contributed by atoms with Gasteiger partial charge in [0.25, 0.3) is 0 Å². The summed E-state index contributed by atoms with van der Waals surface area (Å²) in [6, 6.07) is 10.7. The Hall–Kier alpha value is -2.82. The minimum Gasteiger partial charge on any atom is -0.295 e. The molecule has 0 saturated carbocycles. The van der Waals surface area contributed by atoms with E-state index in [0.717, 1.165) is 0 Å². The number of nitrogens with zero attached hydrogens (tertiary/aromatic N) is 3. The molecule has 2 aromatic heterocycles. The molecule has 4 rings (SSSR count). The Balaban J connectivity index is 2.16. The van der Waals surface area contributed by atoms with Crippen LogP contribution in [0.5, 0.6) is 0 Å². The highest BCUT2D eigenvalue weighted by molar-refractivity contribution is 6.02. The van der Waals surface area contributed by atoms with Crippen molar-refractivity contribution in [3.05, 3.63) is 66.6 Å². The molecule has 2 heterocycles. The smallest absolute Gasteiger partial charge is 0.147 e. The van der Waals surface area contributed by atoms with Crippen molar-refractivity contribution in [1.82, 2.24) is 14.5 Å². The minimum absolute atomic E-state index is 0.363. The zero-order valence-electron chi connectivity index (χ0n) is 10.8. The molecule has 0 saturated heterocycles. The van der Waals surface area contributed by atoms with Gasteiger partial charge in [0.15, 0.2) is 0 Å². The van der Waals surface area contributed by atoms with Crippen LogP contribution in [0.3, 0.4) is 0 Å². The molecule has 0 spiro atoms. The first kappa shape index (κ1) is 12.0. The lowest BCUT2D eigenvalue weighted by Crippen LogP contribution is -1.96. The summed E-state index contributed by atoms with van der Waals surface area (Å²) >= 11 is 0. The Labute approximate surface area is 118 Å². The zero-order valence-corrected chi connectivity index (χ0v) is 10.8. The van der Waals surface area contributed by atoms with E-state index in [2.05, 4.69) is 9.97 Å². The SMILES string of the molecule is Fc1ccc2ncc3ncn(-c4ccccc4F)c3c2c1. The van der Waals surface area contributed by atoms with Gasteiger partial charge in [0.05, 0.1) is 22.9 Å². The van der Waals surface area contributed by atoms with Crippen LogP contribution in [0.4, 0.5) is 8.78 Å². The first-order valence-electron chi connectivity index (χ1n) is 6.40. The van der Waals surface area contributed by atoms with E-state index in [1.807, 2.05) is 0 Å². The fourth-order valence-electron chi connectivity index (χ4n) is 2.50. The van der Waals surface area contributed by atoms with E-state index in [1.165, 1.54) is 24.5 Å². The number of imidazole rings is 1. The second-order valence-electron chi connectivity index (χ2n) is 4.72. The Morgan fingerprint density at radius 3 is 2.62 bits per heavy atom. The summed E-state index contributed by atoms with van der Waals surface area (Å²) in [5, 5.41) is 0.605. The van der Waals surface area contributed by atoms with Gasteiger partial charge in [-0.2, -0.15) is 0 Å². The minimum atomic E-state index is -0.363. The van der Waals surface area contributed by atoms with E-state index < -0.39 is 0 Å². The third kappa shape index (κ3) is 1.78. The topological polar surface area (TPSA) is 30.7 Å². The number of aromatic nitrogens is 3. The van der Waals surface area contributed by atoms with E-state index in [0.29, 0.717) is 27.6 Å². The molecule has 0 radical (unpaired) electrons. The average Bonchev–Trinajstić information content (AvgIpc) is 2.92. The van der Waals surface area contributed by atoms with Gasteiger partial charge in [-0.3, -0.25) is 9.55 Å². The van der Waals surface area contributed by atoms with Crippen molar-refractivity contribution in [1.29, 1.82) is 0 Å². The molecular formula is C16H9F2N3. The second-order valence-corrected chi connectivity index (χ2v) is 4.72. The van der Waals surface area contributed by atoms with Crippen molar-refractivity contribution in [2.45, 2.75) is 0 Å². The van der Waals surface area contributed by atoms with Crippen LogP contribution in [-0.2, 0) is 0 Å². The summed E-state index contributed by atoms with van der Waals surface area (Å²) in [6.07, 6.45) is 3.13. The first-order chi connectivity index (χ1) is 10.2. The summed E-state index contributed by atoms with van der Waals surface area (Å²) < 4.78 is 29.2. The highest BCUT2D eigenvalue weighted by Crippen LogP contribution is 2.27. The molecular weight excluding hydrogens is 272 g/mol. The molecule has 0 fully saturated rings. The van der Waals surface area contributed by atoms with Gasteiger partial charge in [0.1, 0.15) is 23.5 Å². The lowest BCUT2D eigenvalue weighted by atomic mass is 10.2. The monoisotopic (exact) mass is 281 g/mol. The third-order valence-corrected chi connectivity index (χ3v) is 3.45. The number of fused-ring (bicyclic) bond motifs is 3. The zero-order chi connectivity index (χ0) is 14.4. The van der Waals surface area contributed by atoms with E-state index in [4.69, 9.17) is 0 Å². The molecule has 0 aliphatic heterocycles. The molecule has 4 aromatic rings. The fourth-order valence-corrected chi connectivity index (χ4v) is 2.50. The van der Waals surface area contributed by atoms with Crippen LogP contribution in [0.1, 0.15) is 0 Å². The van der Waals surface area contributed by atoms with Crippen molar-refractivity contribution in [2.75, 3.05) is 0 Å². The quantitative estimate of drug-likeness (QED) is 0.530. The predicted molar refractivity (Wildman–Crippen MR) is 76.3 cm³/mol. The maximum Gasteiger partial charge on any atom is 0.147 e. The molecule has 0 amide bonds. The van der Waals surface area contributed by atoms with Crippen LogP contribution in [0, 0.1) is 11.6 Å². The number of benzene rings is 2. The molecule has 21 heavy (non-hydrogen) atoms. The van der Waals surface area contributed by atoms with Crippen LogP contribution >= 0.6 is 0 Å². The van der Waals surface area contributed by atoms with Crippen molar-refractivity contribution in [2.24, 2.45) is 0 Å². The van der Waals surface area contributed by atoms with Crippen LogP contribution < -0.4 is 0 Å². The first-order valence-corrected chi connectivity index (χ1v) is 6.40.